The van der Waals surface area contributed by atoms with Crippen LogP contribution in [0.3, 0.4) is 0 Å². The van der Waals surface area contributed by atoms with Crippen molar-refractivity contribution in [2.75, 3.05) is 13.2 Å². The Labute approximate surface area is 131 Å². The Hall–Kier alpha value is -0.390. The van der Waals surface area contributed by atoms with Crippen LogP contribution in [-0.2, 0) is 11.3 Å². The van der Waals surface area contributed by atoms with Gasteiger partial charge in [0.05, 0.1) is 28.5 Å². The molecule has 0 saturated heterocycles. The van der Waals surface area contributed by atoms with Crippen molar-refractivity contribution >= 4 is 15.9 Å². The second-order valence-electron chi connectivity index (χ2n) is 5.30. The third-order valence-corrected chi connectivity index (χ3v) is 3.94. The summed E-state index contributed by atoms with van der Waals surface area (Å²) in [6, 6.07) is 0.156. The second kappa shape index (κ2) is 8.80. The zero-order valence-electron chi connectivity index (χ0n) is 13.3. The first-order valence-electron chi connectivity index (χ1n) is 7.62. The van der Waals surface area contributed by atoms with E-state index in [4.69, 9.17) is 4.74 Å². The zero-order valence-corrected chi connectivity index (χ0v) is 14.9. The van der Waals surface area contributed by atoms with Gasteiger partial charge in [-0.25, -0.2) is 0 Å². The number of hydrogen-bond acceptors (Lipinski definition) is 3. The summed E-state index contributed by atoms with van der Waals surface area (Å²) in [4.78, 5) is 0. The van der Waals surface area contributed by atoms with E-state index in [0.717, 1.165) is 30.6 Å². The molecule has 1 aromatic heterocycles. The van der Waals surface area contributed by atoms with Gasteiger partial charge in [0.15, 0.2) is 0 Å². The maximum absolute atomic E-state index is 6.01. The zero-order chi connectivity index (χ0) is 15.1. The highest BCUT2D eigenvalue weighted by Gasteiger charge is 2.30. The average molecular weight is 346 g/mol. The van der Waals surface area contributed by atoms with Gasteiger partial charge in [0, 0.05) is 13.2 Å². The minimum atomic E-state index is 0.142. The molecule has 4 nitrogen and oxygen atoms in total. The normalized spacial score (nSPS) is 14.8. The lowest BCUT2D eigenvalue weighted by Crippen LogP contribution is -2.39. The van der Waals surface area contributed by atoms with E-state index in [-0.39, 0.29) is 12.1 Å². The van der Waals surface area contributed by atoms with Gasteiger partial charge in [-0.1, -0.05) is 27.7 Å². The molecule has 5 heteroatoms. The summed E-state index contributed by atoms with van der Waals surface area (Å²) in [7, 11) is 0. The quantitative estimate of drug-likeness (QED) is 0.740. The van der Waals surface area contributed by atoms with Gasteiger partial charge in [0.25, 0.3) is 0 Å². The molecule has 1 aromatic rings. The van der Waals surface area contributed by atoms with E-state index < -0.39 is 0 Å². The highest BCUT2D eigenvalue weighted by atomic mass is 79.9. The Morgan fingerprint density at radius 3 is 2.55 bits per heavy atom. The van der Waals surface area contributed by atoms with Crippen LogP contribution in [-0.4, -0.2) is 29.0 Å². The molecule has 0 radical (unpaired) electrons. The van der Waals surface area contributed by atoms with Gasteiger partial charge in [-0.15, -0.1) is 0 Å². The van der Waals surface area contributed by atoms with Crippen molar-refractivity contribution in [1.82, 2.24) is 15.1 Å². The molecule has 0 aliphatic heterocycles. The molecule has 116 valence electrons. The molecule has 0 aliphatic rings. The number of rotatable bonds is 9. The van der Waals surface area contributed by atoms with Crippen LogP contribution in [0.2, 0.25) is 0 Å². The van der Waals surface area contributed by atoms with E-state index in [2.05, 4.69) is 65.6 Å². The van der Waals surface area contributed by atoms with E-state index in [9.17, 15) is 0 Å². The number of ether oxygens (including phenoxy) is 1. The molecule has 0 bridgehead atoms. The van der Waals surface area contributed by atoms with Crippen molar-refractivity contribution in [2.45, 2.75) is 59.7 Å². The summed E-state index contributed by atoms with van der Waals surface area (Å²) in [6.45, 7) is 13.3. The molecule has 2 unspecified atom stereocenters. The van der Waals surface area contributed by atoms with E-state index in [1.54, 1.807) is 0 Å². The number of likely N-dealkylation sites (N-methyl/N-ethyl adjacent to an activating group) is 1. The van der Waals surface area contributed by atoms with Gasteiger partial charge in [-0.2, -0.15) is 5.10 Å². The summed E-state index contributed by atoms with van der Waals surface area (Å²) in [5.74, 6) is 0.441. The third kappa shape index (κ3) is 4.30. The first kappa shape index (κ1) is 17.7. The number of nitrogens with one attached hydrogen (secondary N) is 1. The Balaban J connectivity index is 3.14. The highest BCUT2D eigenvalue weighted by Crippen LogP contribution is 2.30. The maximum Gasteiger partial charge on any atom is 0.0808 e. The van der Waals surface area contributed by atoms with Crippen LogP contribution in [0, 0.1) is 5.92 Å². The average Bonchev–Trinajstić information content (AvgIpc) is 2.75. The second-order valence-corrected chi connectivity index (χ2v) is 6.15. The molecule has 0 saturated carbocycles. The molecule has 0 aliphatic carbocycles. The fraction of sp³-hybridized carbons (Fsp3) is 0.800. The van der Waals surface area contributed by atoms with Crippen molar-refractivity contribution < 1.29 is 4.74 Å². The highest BCUT2D eigenvalue weighted by molar-refractivity contribution is 9.10. The van der Waals surface area contributed by atoms with Gasteiger partial charge in [-0.3, -0.25) is 4.68 Å². The van der Waals surface area contributed by atoms with Crippen LogP contribution in [0.4, 0.5) is 0 Å². The predicted octanol–water partition coefficient (Wildman–Crippen LogP) is 3.77. The molecule has 0 spiro atoms. The molecule has 0 amide bonds. The number of aromatic nitrogens is 2. The molecule has 1 N–H and O–H groups in total. The third-order valence-electron chi connectivity index (χ3n) is 3.33. The van der Waals surface area contributed by atoms with Gasteiger partial charge < -0.3 is 10.1 Å². The monoisotopic (exact) mass is 345 g/mol. The van der Waals surface area contributed by atoms with Crippen LogP contribution in [0.15, 0.2) is 10.7 Å². The standard InChI is InChI=1S/C15H28BrN3O/c1-6-9-19-14(12(16)10-18-19)13(17-7-2)15(11(4)5)20-8-3/h10-11,13,15,17H,6-9H2,1-5H3. The van der Waals surface area contributed by atoms with Crippen LogP contribution in [0.1, 0.15) is 52.8 Å². The molecule has 0 aromatic carbocycles. The van der Waals surface area contributed by atoms with Crippen molar-refractivity contribution in [1.29, 1.82) is 0 Å². The Morgan fingerprint density at radius 1 is 1.35 bits per heavy atom. The molecule has 2 atom stereocenters. The Bertz CT molecular complexity index is 392. The lowest BCUT2D eigenvalue weighted by Gasteiger charge is -2.31. The van der Waals surface area contributed by atoms with E-state index in [1.165, 1.54) is 5.69 Å². The van der Waals surface area contributed by atoms with Gasteiger partial charge in [-0.05, 0) is 41.7 Å². The summed E-state index contributed by atoms with van der Waals surface area (Å²) in [5, 5.41) is 8.06. The predicted molar refractivity (Wildman–Crippen MR) is 86.9 cm³/mol. The molecular weight excluding hydrogens is 318 g/mol. The van der Waals surface area contributed by atoms with Crippen LogP contribution in [0.25, 0.3) is 0 Å². The first-order chi connectivity index (χ1) is 9.56. The lowest BCUT2D eigenvalue weighted by molar-refractivity contribution is 0.000901. The SMILES string of the molecule is CCCn1ncc(Br)c1C(NCC)C(OCC)C(C)C. The van der Waals surface area contributed by atoms with Gasteiger partial charge >= 0.3 is 0 Å². The van der Waals surface area contributed by atoms with E-state index >= 15 is 0 Å². The largest absolute Gasteiger partial charge is 0.376 e. The number of aryl methyl sites for hydroxylation is 1. The van der Waals surface area contributed by atoms with Crippen molar-refractivity contribution in [2.24, 2.45) is 5.92 Å². The lowest BCUT2D eigenvalue weighted by atomic mass is 9.96. The fourth-order valence-corrected chi connectivity index (χ4v) is 3.07. The van der Waals surface area contributed by atoms with Crippen molar-refractivity contribution in [3.63, 3.8) is 0 Å². The summed E-state index contributed by atoms with van der Waals surface area (Å²) in [5.41, 5.74) is 1.20. The molecule has 1 rings (SSSR count). The molecule has 20 heavy (non-hydrogen) atoms. The number of hydrogen-bond donors (Lipinski definition) is 1. The van der Waals surface area contributed by atoms with E-state index in [0.29, 0.717) is 5.92 Å². The smallest absolute Gasteiger partial charge is 0.0808 e. The summed E-state index contributed by atoms with van der Waals surface area (Å²) in [6.07, 6.45) is 3.10. The number of halogens is 1. The van der Waals surface area contributed by atoms with Crippen LogP contribution < -0.4 is 5.32 Å². The summed E-state index contributed by atoms with van der Waals surface area (Å²) >= 11 is 3.65. The molecule has 0 fully saturated rings. The number of nitrogens with zero attached hydrogens (tertiary/aromatic N) is 2. The Morgan fingerprint density at radius 2 is 2.05 bits per heavy atom. The first-order valence-corrected chi connectivity index (χ1v) is 8.42. The fourth-order valence-electron chi connectivity index (χ4n) is 2.53. The minimum absolute atomic E-state index is 0.142. The van der Waals surface area contributed by atoms with Crippen LogP contribution >= 0.6 is 15.9 Å². The Kier molecular flexibility index (Phi) is 7.77. The summed E-state index contributed by atoms with van der Waals surface area (Å²) < 4.78 is 9.15. The maximum atomic E-state index is 6.01. The topological polar surface area (TPSA) is 39.1 Å². The van der Waals surface area contributed by atoms with Crippen LogP contribution in [0.5, 0.6) is 0 Å². The van der Waals surface area contributed by atoms with E-state index in [1.807, 2.05) is 6.20 Å². The minimum Gasteiger partial charge on any atom is -0.376 e. The van der Waals surface area contributed by atoms with Crippen molar-refractivity contribution in [3.8, 4) is 0 Å². The van der Waals surface area contributed by atoms with Gasteiger partial charge in [0.1, 0.15) is 0 Å². The van der Waals surface area contributed by atoms with Crippen molar-refractivity contribution in [3.05, 3.63) is 16.4 Å². The molecular formula is C15H28BrN3O. The van der Waals surface area contributed by atoms with Gasteiger partial charge in [0.2, 0.25) is 0 Å². The molecule has 1 heterocycles.